The van der Waals surface area contributed by atoms with Crippen LogP contribution in [0.25, 0.3) is 0 Å². The van der Waals surface area contributed by atoms with Gasteiger partial charge in [-0.25, -0.2) is 0 Å². The van der Waals surface area contributed by atoms with Crippen LogP contribution >= 0.6 is 0 Å². The molecule has 0 atom stereocenters. The first-order valence-electron chi connectivity index (χ1n) is 5.89. The molecule has 3 heteroatoms. The van der Waals surface area contributed by atoms with Crippen LogP contribution in [0.4, 0.5) is 0 Å². The molecule has 4 N–H and O–H groups in total. The minimum atomic E-state index is 0.791. The minimum Gasteiger partial charge on any atom is -0.330 e. The van der Waals surface area contributed by atoms with Gasteiger partial charge in [-0.15, -0.1) is 0 Å². The van der Waals surface area contributed by atoms with Crippen molar-refractivity contribution in [2.75, 3.05) is 32.7 Å². The van der Waals surface area contributed by atoms with Gasteiger partial charge >= 0.3 is 0 Å². The Balaban J connectivity index is 2.85. The molecule has 3 nitrogen and oxygen atoms in total. The highest BCUT2D eigenvalue weighted by Crippen LogP contribution is 1.95. The Labute approximate surface area is 88.8 Å². The van der Waals surface area contributed by atoms with Gasteiger partial charge in [0.1, 0.15) is 0 Å². The molecule has 0 rings (SSSR count). The first kappa shape index (κ1) is 13.9. The van der Waals surface area contributed by atoms with Gasteiger partial charge in [0.2, 0.25) is 0 Å². The summed E-state index contributed by atoms with van der Waals surface area (Å²) in [5.41, 5.74) is 5.38. The van der Waals surface area contributed by atoms with Gasteiger partial charge in [0.25, 0.3) is 0 Å². The van der Waals surface area contributed by atoms with E-state index in [4.69, 9.17) is 5.73 Å². The molecular formula is C11H27N3. The molecule has 0 bridgehead atoms. The van der Waals surface area contributed by atoms with Gasteiger partial charge in [-0.1, -0.05) is 13.8 Å². The average Bonchev–Trinajstić information content (AvgIpc) is 2.15. The molecule has 0 saturated heterocycles. The van der Waals surface area contributed by atoms with E-state index in [2.05, 4.69) is 24.5 Å². The zero-order chi connectivity index (χ0) is 10.6. The SMILES string of the molecule is CC(C)CCNCCCNCCCN. The summed E-state index contributed by atoms with van der Waals surface area (Å²) in [6.07, 6.45) is 3.57. The van der Waals surface area contributed by atoms with Crippen LogP contribution in [0, 0.1) is 5.92 Å². The van der Waals surface area contributed by atoms with Crippen molar-refractivity contribution in [2.24, 2.45) is 11.7 Å². The van der Waals surface area contributed by atoms with Crippen LogP contribution in [-0.4, -0.2) is 32.7 Å². The quantitative estimate of drug-likeness (QED) is 0.461. The fraction of sp³-hybridized carbons (Fsp3) is 1.00. The highest BCUT2D eigenvalue weighted by molar-refractivity contribution is 4.54. The molecule has 0 fully saturated rings. The van der Waals surface area contributed by atoms with Gasteiger partial charge < -0.3 is 16.4 Å². The summed E-state index contributed by atoms with van der Waals surface area (Å²) in [4.78, 5) is 0. The van der Waals surface area contributed by atoms with Gasteiger partial charge in [-0.3, -0.25) is 0 Å². The van der Waals surface area contributed by atoms with Crippen molar-refractivity contribution in [2.45, 2.75) is 33.1 Å². The van der Waals surface area contributed by atoms with Crippen molar-refractivity contribution >= 4 is 0 Å². The first-order valence-corrected chi connectivity index (χ1v) is 5.89. The predicted octanol–water partition coefficient (Wildman–Crippen LogP) is 0.951. The molecule has 0 aliphatic heterocycles. The monoisotopic (exact) mass is 201 g/mol. The van der Waals surface area contributed by atoms with Crippen molar-refractivity contribution in [1.29, 1.82) is 0 Å². The Morgan fingerprint density at radius 3 is 2.07 bits per heavy atom. The third-order valence-corrected chi connectivity index (χ3v) is 2.16. The van der Waals surface area contributed by atoms with Crippen molar-refractivity contribution in [3.05, 3.63) is 0 Å². The Morgan fingerprint density at radius 2 is 1.50 bits per heavy atom. The molecule has 0 aliphatic rings. The maximum Gasteiger partial charge on any atom is -0.00368 e. The molecule has 0 aliphatic carbocycles. The largest absolute Gasteiger partial charge is 0.330 e. The Kier molecular flexibility index (Phi) is 10.9. The lowest BCUT2D eigenvalue weighted by Gasteiger charge is -2.07. The van der Waals surface area contributed by atoms with Crippen LogP contribution in [0.1, 0.15) is 33.1 Å². The van der Waals surface area contributed by atoms with E-state index in [0.717, 1.165) is 45.1 Å². The molecule has 14 heavy (non-hydrogen) atoms. The van der Waals surface area contributed by atoms with Gasteiger partial charge in [-0.05, 0) is 57.9 Å². The summed E-state index contributed by atoms with van der Waals surface area (Å²) in [6, 6.07) is 0. The predicted molar refractivity (Wildman–Crippen MR) is 63.5 cm³/mol. The van der Waals surface area contributed by atoms with Gasteiger partial charge in [0, 0.05) is 0 Å². The lowest BCUT2D eigenvalue weighted by atomic mass is 10.1. The molecule has 0 radical (unpaired) electrons. The first-order chi connectivity index (χ1) is 6.77. The van der Waals surface area contributed by atoms with Crippen molar-refractivity contribution in [3.63, 3.8) is 0 Å². The number of hydrogen-bond acceptors (Lipinski definition) is 3. The van der Waals surface area contributed by atoms with Crippen LogP contribution in [0.2, 0.25) is 0 Å². The van der Waals surface area contributed by atoms with E-state index < -0.39 is 0 Å². The summed E-state index contributed by atoms with van der Waals surface area (Å²) in [7, 11) is 0. The van der Waals surface area contributed by atoms with Gasteiger partial charge in [-0.2, -0.15) is 0 Å². The molecular weight excluding hydrogens is 174 g/mol. The number of nitrogens with two attached hydrogens (primary N) is 1. The van der Waals surface area contributed by atoms with Crippen molar-refractivity contribution in [3.8, 4) is 0 Å². The molecule has 0 amide bonds. The second-order valence-electron chi connectivity index (χ2n) is 4.18. The number of hydrogen-bond donors (Lipinski definition) is 3. The van der Waals surface area contributed by atoms with E-state index in [1.165, 1.54) is 12.8 Å². The summed E-state index contributed by atoms with van der Waals surface area (Å²) in [5.74, 6) is 0.810. The molecule has 0 heterocycles. The van der Waals surface area contributed by atoms with E-state index >= 15 is 0 Å². The van der Waals surface area contributed by atoms with E-state index in [-0.39, 0.29) is 0 Å². The lowest BCUT2D eigenvalue weighted by Crippen LogP contribution is -2.24. The van der Waals surface area contributed by atoms with Crippen molar-refractivity contribution < 1.29 is 0 Å². The van der Waals surface area contributed by atoms with Crippen LogP contribution in [0.5, 0.6) is 0 Å². The third kappa shape index (κ3) is 11.9. The van der Waals surface area contributed by atoms with Crippen molar-refractivity contribution in [1.82, 2.24) is 10.6 Å². The molecule has 0 aromatic rings. The Bertz CT molecular complexity index is 105. The Hall–Kier alpha value is -0.120. The van der Waals surface area contributed by atoms with Crippen LogP contribution in [-0.2, 0) is 0 Å². The van der Waals surface area contributed by atoms with E-state index in [1.807, 2.05) is 0 Å². The van der Waals surface area contributed by atoms with E-state index in [0.29, 0.717) is 0 Å². The van der Waals surface area contributed by atoms with Crippen LogP contribution in [0.15, 0.2) is 0 Å². The maximum absolute atomic E-state index is 5.38. The highest BCUT2D eigenvalue weighted by atomic mass is 14.9. The fourth-order valence-corrected chi connectivity index (χ4v) is 1.21. The number of rotatable bonds is 10. The maximum atomic E-state index is 5.38. The van der Waals surface area contributed by atoms with Crippen LogP contribution < -0.4 is 16.4 Å². The standard InChI is InChI=1S/C11H27N3/c1-11(2)5-10-14-9-4-8-13-7-3-6-12/h11,13-14H,3-10,12H2,1-2H3. The molecule has 0 unspecified atom stereocenters. The summed E-state index contributed by atoms with van der Waals surface area (Å²) >= 11 is 0. The van der Waals surface area contributed by atoms with E-state index in [9.17, 15) is 0 Å². The minimum absolute atomic E-state index is 0.791. The summed E-state index contributed by atoms with van der Waals surface area (Å²) < 4.78 is 0. The van der Waals surface area contributed by atoms with E-state index in [1.54, 1.807) is 0 Å². The molecule has 0 saturated carbocycles. The summed E-state index contributed by atoms with van der Waals surface area (Å²) in [6.45, 7) is 9.76. The number of nitrogens with one attached hydrogen (secondary N) is 2. The average molecular weight is 201 g/mol. The fourth-order valence-electron chi connectivity index (χ4n) is 1.21. The van der Waals surface area contributed by atoms with Crippen LogP contribution in [0.3, 0.4) is 0 Å². The van der Waals surface area contributed by atoms with Gasteiger partial charge in [0.05, 0.1) is 0 Å². The van der Waals surface area contributed by atoms with Gasteiger partial charge in [0.15, 0.2) is 0 Å². The molecule has 0 spiro atoms. The summed E-state index contributed by atoms with van der Waals surface area (Å²) in [5, 5.41) is 6.81. The highest BCUT2D eigenvalue weighted by Gasteiger charge is 1.92. The third-order valence-electron chi connectivity index (χ3n) is 2.16. The smallest absolute Gasteiger partial charge is 0.00368 e. The zero-order valence-corrected chi connectivity index (χ0v) is 9.81. The second-order valence-corrected chi connectivity index (χ2v) is 4.18. The molecule has 0 aromatic carbocycles. The Morgan fingerprint density at radius 1 is 0.929 bits per heavy atom. The molecule has 86 valence electrons. The normalized spacial score (nSPS) is 11.1. The molecule has 0 aromatic heterocycles. The lowest BCUT2D eigenvalue weighted by molar-refractivity contribution is 0.523. The topological polar surface area (TPSA) is 50.1 Å². The second kappa shape index (κ2) is 11.0. The zero-order valence-electron chi connectivity index (χ0n) is 9.81.